The highest BCUT2D eigenvalue weighted by Crippen LogP contribution is 2.21. The van der Waals surface area contributed by atoms with Crippen LogP contribution in [0, 0.1) is 0 Å². The molecule has 0 aliphatic carbocycles. The van der Waals surface area contributed by atoms with Crippen LogP contribution < -0.4 is 10.1 Å². The van der Waals surface area contributed by atoms with Crippen molar-refractivity contribution in [3.05, 3.63) is 65.2 Å². The SMILES string of the molecule is CCOC(=O)c1ccc(OCCCCCNCc2ccccc2)cc1CCl. The maximum absolute atomic E-state index is 11.9. The Morgan fingerprint density at radius 3 is 2.63 bits per heavy atom. The van der Waals surface area contributed by atoms with Crippen LogP contribution in [0.25, 0.3) is 0 Å². The fourth-order valence-corrected chi connectivity index (χ4v) is 2.95. The molecule has 0 heterocycles. The number of benzene rings is 2. The van der Waals surface area contributed by atoms with Gasteiger partial charge in [0, 0.05) is 12.4 Å². The molecule has 0 fully saturated rings. The number of carbonyl (C=O) groups excluding carboxylic acids is 1. The summed E-state index contributed by atoms with van der Waals surface area (Å²) in [5.74, 6) is 0.641. The summed E-state index contributed by atoms with van der Waals surface area (Å²) in [6, 6.07) is 15.7. The first-order chi connectivity index (χ1) is 13.2. The molecule has 2 rings (SSSR count). The van der Waals surface area contributed by atoms with Crippen molar-refractivity contribution in [3.63, 3.8) is 0 Å². The van der Waals surface area contributed by atoms with Crippen LogP contribution in [-0.2, 0) is 17.2 Å². The maximum Gasteiger partial charge on any atom is 0.338 e. The van der Waals surface area contributed by atoms with Gasteiger partial charge in [0.1, 0.15) is 5.75 Å². The van der Waals surface area contributed by atoms with Crippen LogP contribution in [0.1, 0.15) is 47.7 Å². The van der Waals surface area contributed by atoms with Crippen LogP contribution in [0.15, 0.2) is 48.5 Å². The molecule has 146 valence electrons. The number of unbranched alkanes of at least 4 members (excludes halogenated alkanes) is 2. The van der Waals surface area contributed by atoms with Gasteiger partial charge in [-0.25, -0.2) is 4.79 Å². The number of hydrogen-bond acceptors (Lipinski definition) is 4. The minimum absolute atomic E-state index is 0.248. The van der Waals surface area contributed by atoms with Gasteiger partial charge >= 0.3 is 5.97 Å². The quantitative estimate of drug-likeness (QED) is 0.317. The van der Waals surface area contributed by atoms with E-state index < -0.39 is 0 Å². The monoisotopic (exact) mass is 389 g/mol. The number of ether oxygens (including phenoxy) is 2. The van der Waals surface area contributed by atoms with Gasteiger partial charge in [-0.1, -0.05) is 30.3 Å². The Kier molecular flexibility index (Phi) is 9.74. The minimum atomic E-state index is -0.345. The highest BCUT2D eigenvalue weighted by molar-refractivity contribution is 6.17. The Morgan fingerprint density at radius 2 is 1.89 bits per heavy atom. The third-order valence-corrected chi connectivity index (χ3v) is 4.44. The number of hydrogen-bond donors (Lipinski definition) is 1. The topological polar surface area (TPSA) is 47.6 Å². The molecule has 0 bridgehead atoms. The van der Waals surface area contributed by atoms with Crippen LogP contribution in [0.2, 0.25) is 0 Å². The molecule has 0 saturated carbocycles. The Labute approximate surface area is 166 Å². The second-order valence-electron chi connectivity index (χ2n) is 6.24. The molecule has 0 unspecified atom stereocenters. The molecular weight excluding hydrogens is 362 g/mol. The predicted molar refractivity (Wildman–Crippen MR) is 109 cm³/mol. The number of halogens is 1. The lowest BCUT2D eigenvalue weighted by Gasteiger charge is -2.11. The first-order valence-electron chi connectivity index (χ1n) is 9.48. The molecule has 4 nitrogen and oxygen atoms in total. The van der Waals surface area contributed by atoms with Crippen molar-refractivity contribution in [1.82, 2.24) is 5.32 Å². The van der Waals surface area contributed by atoms with Crippen molar-refractivity contribution in [1.29, 1.82) is 0 Å². The first-order valence-corrected chi connectivity index (χ1v) is 10.0. The molecule has 0 saturated heterocycles. The zero-order valence-electron chi connectivity index (χ0n) is 15.9. The smallest absolute Gasteiger partial charge is 0.338 e. The lowest BCUT2D eigenvalue weighted by atomic mass is 10.1. The van der Waals surface area contributed by atoms with Gasteiger partial charge in [0.25, 0.3) is 0 Å². The summed E-state index contributed by atoms with van der Waals surface area (Å²) in [5.41, 5.74) is 2.55. The highest BCUT2D eigenvalue weighted by atomic mass is 35.5. The summed E-state index contributed by atoms with van der Waals surface area (Å²) in [6.07, 6.45) is 3.21. The van der Waals surface area contributed by atoms with Crippen molar-refractivity contribution in [2.45, 2.75) is 38.6 Å². The van der Waals surface area contributed by atoms with Crippen LogP contribution >= 0.6 is 11.6 Å². The predicted octanol–water partition coefficient (Wildman–Crippen LogP) is 4.94. The standard InChI is InChI=1S/C22H28ClNO3/c1-2-26-22(25)21-12-11-20(15-19(21)16-23)27-14-8-4-7-13-24-17-18-9-5-3-6-10-18/h3,5-6,9-12,15,24H,2,4,7-8,13-14,16-17H2,1H3. The van der Waals surface area contributed by atoms with Crippen molar-refractivity contribution >= 4 is 17.6 Å². The molecule has 2 aromatic carbocycles. The van der Waals surface area contributed by atoms with Gasteiger partial charge in [-0.3, -0.25) is 0 Å². The van der Waals surface area contributed by atoms with E-state index in [2.05, 4.69) is 29.6 Å². The average Bonchev–Trinajstić information content (AvgIpc) is 2.70. The molecule has 0 aliphatic heterocycles. The van der Waals surface area contributed by atoms with Crippen LogP contribution in [-0.4, -0.2) is 25.7 Å². The fourth-order valence-electron chi connectivity index (χ4n) is 2.73. The minimum Gasteiger partial charge on any atom is -0.494 e. The van der Waals surface area contributed by atoms with Crippen LogP contribution in [0.3, 0.4) is 0 Å². The molecular formula is C22H28ClNO3. The summed E-state index contributed by atoms with van der Waals surface area (Å²) in [6.45, 7) is 4.69. The number of alkyl halides is 1. The lowest BCUT2D eigenvalue weighted by molar-refractivity contribution is 0.0525. The molecule has 5 heteroatoms. The van der Waals surface area contributed by atoms with Gasteiger partial charge in [0.05, 0.1) is 18.8 Å². The van der Waals surface area contributed by atoms with E-state index in [1.54, 1.807) is 19.1 Å². The zero-order valence-corrected chi connectivity index (χ0v) is 16.6. The Bertz CT molecular complexity index is 691. The van der Waals surface area contributed by atoms with E-state index in [0.717, 1.165) is 43.7 Å². The number of carbonyl (C=O) groups is 1. The zero-order chi connectivity index (χ0) is 19.3. The second kappa shape index (κ2) is 12.4. The third-order valence-electron chi connectivity index (χ3n) is 4.15. The Morgan fingerprint density at radius 1 is 1.07 bits per heavy atom. The number of esters is 1. The van der Waals surface area contributed by atoms with Crippen LogP contribution in [0.4, 0.5) is 0 Å². The van der Waals surface area contributed by atoms with Crippen molar-refractivity contribution < 1.29 is 14.3 Å². The average molecular weight is 390 g/mol. The molecule has 0 aliphatic rings. The molecule has 27 heavy (non-hydrogen) atoms. The normalized spacial score (nSPS) is 10.6. The summed E-state index contributed by atoms with van der Waals surface area (Å²) in [5, 5.41) is 3.45. The van der Waals surface area contributed by atoms with E-state index in [4.69, 9.17) is 21.1 Å². The van der Waals surface area contributed by atoms with Crippen molar-refractivity contribution in [2.24, 2.45) is 0 Å². The van der Waals surface area contributed by atoms with Gasteiger partial charge in [-0.05, 0) is 62.1 Å². The molecule has 0 aromatic heterocycles. The number of nitrogens with one attached hydrogen (secondary N) is 1. The second-order valence-corrected chi connectivity index (χ2v) is 6.51. The molecule has 1 N–H and O–H groups in total. The lowest BCUT2D eigenvalue weighted by Crippen LogP contribution is -2.14. The van der Waals surface area contributed by atoms with Crippen molar-refractivity contribution in [2.75, 3.05) is 19.8 Å². The molecule has 0 amide bonds. The number of rotatable bonds is 12. The highest BCUT2D eigenvalue weighted by Gasteiger charge is 2.12. The Balaban J connectivity index is 1.63. The maximum atomic E-state index is 11.9. The largest absolute Gasteiger partial charge is 0.494 e. The fraction of sp³-hybridized carbons (Fsp3) is 0.409. The Hall–Kier alpha value is -2.04. The molecule has 0 radical (unpaired) electrons. The van der Waals surface area contributed by atoms with E-state index in [1.807, 2.05) is 12.1 Å². The van der Waals surface area contributed by atoms with E-state index >= 15 is 0 Å². The summed E-state index contributed by atoms with van der Waals surface area (Å²) in [7, 11) is 0. The van der Waals surface area contributed by atoms with Gasteiger partial charge in [0.2, 0.25) is 0 Å². The van der Waals surface area contributed by atoms with Gasteiger partial charge in [0.15, 0.2) is 0 Å². The van der Waals surface area contributed by atoms with E-state index in [1.165, 1.54) is 5.56 Å². The van der Waals surface area contributed by atoms with E-state index in [0.29, 0.717) is 18.8 Å². The van der Waals surface area contributed by atoms with Crippen molar-refractivity contribution in [3.8, 4) is 5.75 Å². The molecule has 2 aromatic rings. The first kappa shape index (κ1) is 21.3. The summed E-state index contributed by atoms with van der Waals surface area (Å²) < 4.78 is 10.8. The van der Waals surface area contributed by atoms with E-state index in [9.17, 15) is 4.79 Å². The third kappa shape index (κ3) is 7.61. The summed E-state index contributed by atoms with van der Waals surface area (Å²) in [4.78, 5) is 11.9. The summed E-state index contributed by atoms with van der Waals surface area (Å²) >= 11 is 5.95. The van der Waals surface area contributed by atoms with Crippen LogP contribution in [0.5, 0.6) is 5.75 Å². The molecule has 0 spiro atoms. The van der Waals surface area contributed by atoms with Gasteiger partial charge < -0.3 is 14.8 Å². The molecule has 0 atom stereocenters. The van der Waals surface area contributed by atoms with Gasteiger partial charge in [-0.2, -0.15) is 0 Å². The van der Waals surface area contributed by atoms with E-state index in [-0.39, 0.29) is 11.8 Å². The van der Waals surface area contributed by atoms with Gasteiger partial charge in [-0.15, -0.1) is 11.6 Å².